The maximum absolute atomic E-state index is 2.19. The zero-order valence-corrected chi connectivity index (χ0v) is 8.21. The van der Waals surface area contributed by atoms with E-state index in [9.17, 15) is 0 Å². The van der Waals surface area contributed by atoms with E-state index >= 15 is 0 Å². The van der Waals surface area contributed by atoms with Gasteiger partial charge in [0, 0.05) is 12.3 Å². The Bertz CT molecular complexity index is 41.4. The van der Waals surface area contributed by atoms with Crippen LogP contribution < -0.4 is 0 Å². The molecule has 0 aliphatic carbocycles. The third kappa shape index (κ3) is 9.92. The molecule has 0 radical (unpaired) electrons. The fourth-order valence-electron chi connectivity index (χ4n) is 0.274. The number of rotatable bonds is 3. The maximum Gasteiger partial charge on any atom is 0.00661 e. The van der Waals surface area contributed by atoms with Crippen molar-refractivity contribution in [2.45, 2.75) is 0 Å². The lowest BCUT2D eigenvalue weighted by Gasteiger charge is -2.05. The van der Waals surface area contributed by atoms with E-state index < -0.39 is 0 Å². The minimum atomic E-state index is 0. The Balaban J connectivity index is 0. The third-order valence-corrected chi connectivity index (χ3v) is 1.33. The molecule has 0 rings (SSSR count). The van der Waals surface area contributed by atoms with E-state index in [1.807, 2.05) is 11.8 Å². The van der Waals surface area contributed by atoms with Gasteiger partial charge >= 0.3 is 0 Å². The Labute approximate surface area is 66.6 Å². The number of thioether (sulfide) groups is 1. The van der Waals surface area contributed by atoms with Crippen LogP contribution in [0.3, 0.4) is 0 Å². The quantitative estimate of drug-likeness (QED) is 0.679. The van der Waals surface area contributed by atoms with Gasteiger partial charge in [-0.1, -0.05) is 0 Å². The zero-order valence-electron chi connectivity index (χ0n) is 5.68. The van der Waals surface area contributed by atoms with Gasteiger partial charge in [-0.25, -0.2) is 0 Å². The van der Waals surface area contributed by atoms with Crippen molar-refractivity contribution < 1.29 is 0 Å². The monoisotopic (exact) mass is 199 g/mol. The largest absolute Gasteiger partial charge is 0.309 e. The molecular formula is C5H14BrNS. The van der Waals surface area contributed by atoms with Crippen LogP contribution in [-0.4, -0.2) is 37.5 Å². The van der Waals surface area contributed by atoms with Crippen LogP contribution in [0.2, 0.25) is 0 Å². The summed E-state index contributed by atoms with van der Waals surface area (Å²) in [6, 6.07) is 0. The summed E-state index contributed by atoms with van der Waals surface area (Å²) in [4.78, 5) is 2.19. The van der Waals surface area contributed by atoms with Crippen molar-refractivity contribution in [2.75, 3.05) is 32.6 Å². The van der Waals surface area contributed by atoms with E-state index in [2.05, 4.69) is 25.3 Å². The van der Waals surface area contributed by atoms with Crippen molar-refractivity contribution in [3.8, 4) is 0 Å². The van der Waals surface area contributed by atoms with Crippen LogP contribution in [0.15, 0.2) is 0 Å². The lowest BCUT2D eigenvalue weighted by molar-refractivity contribution is 0.437. The molecule has 0 aromatic carbocycles. The molecule has 0 saturated carbocycles. The second kappa shape index (κ2) is 7.79. The van der Waals surface area contributed by atoms with E-state index in [4.69, 9.17) is 0 Å². The molecule has 0 unspecified atom stereocenters. The van der Waals surface area contributed by atoms with E-state index in [-0.39, 0.29) is 17.0 Å². The highest BCUT2D eigenvalue weighted by molar-refractivity contribution is 8.93. The van der Waals surface area contributed by atoms with Crippen molar-refractivity contribution in [1.29, 1.82) is 0 Å². The maximum atomic E-state index is 2.19. The van der Waals surface area contributed by atoms with E-state index in [0.29, 0.717) is 0 Å². The van der Waals surface area contributed by atoms with Gasteiger partial charge in [0.05, 0.1) is 0 Å². The molecule has 0 amide bonds. The number of halogens is 1. The van der Waals surface area contributed by atoms with E-state index in [1.54, 1.807) is 0 Å². The SMILES string of the molecule is Br.CSCCN(C)C. The minimum Gasteiger partial charge on any atom is -0.309 e. The van der Waals surface area contributed by atoms with Gasteiger partial charge in [-0.3, -0.25) is 0 Å². The summed E-state index contributed by atoms with van der Waals surface area (Å²) < 4.78 is 0. The molecule has 1 nitrogen and oxygen atoms in total. The fraction of sp³-hybridized carbons (Fsp3) is 1.00. The molecule has 0 atom stereocenters. The average molecular weight is 200 g/mol. The number of hydrogen-bond acceptors (Lipinski definition) is 2. The molecule has 0 saturated heterocycles. The van der Waals surface area contributed by atoms with Gasteiger partial charge in [0.2, 0.25) is 0 Å². The van der Waals surface area contributed by atoms with E-state index in [0.717, 1.165) is 0 Å². The Hall–Kier alpha value is 0.790. The minimum absolute atomic E-state index is 0. The molecule has 0 spiro atoms. The topological polar surface area (TPSA) is 3.24 Å². The lowest BCUT2D eigenvalue weighted by Crippen LogP contribution is -2.14. The summed E-state index contributed by atoms with van der Waals surface area (Å²) in [5.74, 6) is 1.24. The second-order valence-corrected chi connectivity index (χ2v) is 2.78. The fourth-order valence-corrected chi connectivity index (χ4v) is 0.822. The van der Waals surface area contributed by atoms with Gasteiger partial charge < -0.3 is 4.90 Å². The highest BCUT2D eigenvalue weighted by atomic mass is 79.9. The highest BCUT2D eigenvalue weighted by Crippen LogP contribution is 1.89. The molecular weight excluding hydrogens is 186 g/mol. The Morgan fingerprint density at radius 1 is 1.38 bits per heavy atom. The Morgan fingerprint density at radius 3 is 2.00 bits per heavy atom. The van der Waals surface area contributed by atoms with Gasteiger partial charge in [-0.2, -0.15) is 11.8 Å². The van der Waals surface area contributed by atoms with Gasteiger partial charge in [-0.05, 0) is 20.4 Å². The van der Waals surface area contributed by atoms with Crippen LogP contribution in [0, 0.1) is 0 Å². The summed E-state index contributed by atoms with van der Waals surface area (Å²) in [6.45, 7) is 1.20. The van der Waals surface area contributed by atoms with Crippen LogP contribution in [0.25, 0.3) is 0 Å². The summed E-state index contributed by atoms with van der Waals surface area (Å²) in [5.41, 5.74) is 0. The normalized spacial score (nSPS) is 9.00. The zero-order chi connectivity index (χ0) is 5.70. The van der Waals surface area contributed by atoms with Crippen molar-refractivity contribution >= 4 is 28.7 Å². The van der Waals surface area contributed by atoms with Gasteiger partial charge in [-0.15, -0.1) is 17.0 Å². The summed E-state index contributed by atoms with van der Waals surface area (Å²) in [5, 5.41) is 0. The van der Waals surface area contributed by atoms with Gasteiger partial charge in [0.25, 0.3) is 0 Å². The van der Waals surface area contributed by atoms with Crippen LogP contribution in [-0.2, 0) is 0 Å². The third-order valence-electron chi connectivity index (χ3n) is 0.743. The summed E-state index contributed by atoms with van der Waals surface area (Å²) in [6.07, 6.45) is 2.13. The Morgan fingerprint density at radius 2 is 1.88 bits per heavy atom. The molecule has 3 heteroatoms. The van der Waals surface area contributed by atoms with Crippen molar-refractivity contribution in [3.63, 3.8) is 0 Å². The predicted molar refractivity (Wildman–Crippen MR) is 47.3 cm³/mol. The first kappa shape index (κ1) is 11.6. The number of hydrogen-bond donors (Lipinski definition) is 0. The average Bonchev–Trinajstić information content (AvgIpc) is 1.61. The molecule has 0 bridgehead atoms. The molecule has 0 aromatic rings. The summed E-state index contributed by atoms with van der Waals surface area (Å²) in [7, 11) is 4.19. The van der Waals surface area contributed by atoms with Crippen molar-refractivity contribution in [1.82, 2.24) is 4.90 Å². The predicted octanol–water partition coefficient (Wildman–Crippen LogP) is 1.49. The van der Waals surface area contributed by atoms with Crippen LogP contribution in [0.1, 0.15) is 0 Å². The first-order valence-corrected chi connectivity index (χ1v) is 3.80. The Kier molecular flexibility index (Phi) is 11.3. The van der Waals surface area contributed by atoms with Crippen molar-refractivity contribution in [3.05, 3.63) is 0 Å². The standard InChI is InChI=1S/C5H13NS.BrH/c1-6(2)4-5-7-3;/h4-5H2,1-3H3;1H. The molecule has 52 valence electrons. The molecule has 0 heterocycles. The summed E-state index contributed by atoms with van der Waals surface area (Å²) >= 11 is 1.89. The number of nitrogens with zero attached hydrogens (tertiary/aromatic N) is 1. The molecule has 0 aromatic heterocycles. The molecule has 0 N–H and O–H groups in total. The van der Waals surface area contributed by atoms with Crippen molar-refractivity contribution in [2.24, 2.45) is 0 Å². The van der Waals surface area contributed by atoms with Crippen LogP contribution in [0.5, 0.6) is 0 Å². The smallest absolute Gasteiger partial charge is 0.00661 e. The van der Waals surface area contributed by atoms with Crippen LogP contribution in [0.4, 0.5) is 0 Å². The van der Waals surface area contributed by atoms with Gasteiger partial charge in [0.1, 0.15) is 0 Å². The highest BCUT2D eigenvalue weighted by Gasteiger charge is 1.83. The molecule has 8 heavy (non-hydrogen) atoms. The second-order valence-electron chi connectivity index (χ2n) is 1.80. The van der Waals surface area contributed by atoms with Gasteiger partial charge in [0.15, 0.2) is 0 Å². The first-order chi connectivity index (χ1) is 3.27. The van der Waals surface area contributed by atoms with E-state index in [1.165, 1.54) is 12.3 Å². The molecule has 0 aliphatic heterocycles. The molecule has 0 fully saturated rings. The van der Waals surface area contributed by atoms with Crippen LogP contribution >= 0.6 is 28.7 Å². The molecule has 0 aliphatic rings. The lowest BCUT2D eigenvalue weighted by atomic mass is 10.7. The first-order valence-electron chi connectivity index (χ1n) is 2.41.